The van der Waals surface area contributed by atoms with E-state index in [1.165, 1.54) is 0 Å². The highest BCUT2D eigenvalue weighted by Crippen LogP contribution is 2.18. The first-order valence-corrected chi connectivity index (χ1v) is 3.82. The second-order valence-electron chi connectivity index (χ2n) is 2.88. The van der Waals surface area contributed by atoms with E-state index in [1.54, 1.807) is 11.2 Å². The predicted octanol–water partition coefficient (Wildman–Crippen LogP) is -0.599. The van der Waals surface area contributed by atoms with Crippen molar-refractivity contribution in [3.05, 3.63) is 36.0 Å². The van der Waals surface area contributed by atoms with Crippen molar-refractivity contribution >= 4 is 11.4 Å². The summed E-state index contributed by atoms with van der Waals surface area (Å²) in [4.78, 5) is 0. The molecule has 0 saturated heterocycles. The molecule has 0 atom stereocenters. The highest BCUT2D eigenvalue weighted by molar-refractivity contribution is 5.66. The van der Waals surface area contributed by atoms with Crippen molar-refractivity contribution in [3.63, 3.8) is 0 Å². The normalized spacial score (nSPS) is 15.4. The minimum atomic E-state index is 0.0793. The van der Waals surface area contributed by atoms with Crippen molar-refractivity contribution in [2.75, 3.05) is 7.05 Å². The smallest absolute Gasteiger partial charge is 0.160 e. The molecule has 3 nitrogen and oxygen atoms in total. The molecule has 0 bridgehead atoms. The Hall–Kier alpha value is -1.48. The summed E-state index contributed by atoms with van der Waals surface area (Å²) in [6.07, 6.45) is 1.59. The maximum absolute atomic E-state index is 11.4. The summed E-state index contributed by atoms with van der Waals surface area (Å²) in [5.74, 6) is 0.0793. The Morgan fingerprint density at radius 1 is 1.33 bits per heavy atom. The molecule has 0 aromatic heterocycles. The maximum Gasteiger partial charge on any atom is 0.160 e. The van der Waals surface area contributed by atoms with Crippen LogP contribution < -0.4 is 10.5 Å². The summed E-state index contributed by atoms with van der Waals surface area (Å²) in [7, 11) is 1.86. The zero-order valence-electron chi connectivity index (χ0n) is 6.82. The van der Waals surface area contributed by atoms with Gasteiger partial charge in [0.05, 0.1) is 7.05 Å². The molecule has 1 heterocycles. The molecule has 1 aliphatic heterocycles. The highest BCUT2D eigenvalue weighted by Gasteiger charge is 2.11. The van der Waals surface area contributed by atoms with E-state index in [2.05, 4.69) is 0 Å². The van der Waals surface area contributed by atoms with Crippen molar-refractivity contribution in [2.24, 2.45) is 0 Å². The van der Waals surface area contributed by atoms with Crippen molar-refractivity contribution in [1.29, 1.82) is 0 Å². The van der Waals surface area contributed by atoms with Crippen LogP contribution >= 0.6 is 0 Å². The molecule has 1 aromatic rings. The van der Waals surface area contributed by atoms with Crippen LogP contribution in [0.5, 0.6) is 0 Å². The SMILES string of the molecule is CN1C=C([O-])c2ccccc2[NH2+]1. The van der Waals surface area contributed by atoms with Crippen LogP contribution in [0.4, 0.5) is 5.69 Å². The average molecular weight is 162 g/mol. The molecule has 62 valence electrons. The van der Waals surface area contributed by atoms with Crippen LogP contribution in [0.3, 0.4) is 0 Å². The Balaban J connectivity index is 2.53. The number of nitrogens with zero attached hydrogens (tertiary/aromatic N) is 1. The number of nitrogens with two attached hydrogens (primary N) is 1. The van der Waals surface area contributed by atoms with E-state index in [0.717, 1.165) is 11.3 Å². The fraction of sp³-hybridized carbons (Fsp3) is 0.111. The van der Waals surface area contributed by atoms with Crippen LogP contribution in [0.1, 0.15) is 5.56 Å². The van der Waals surface area contributed by atoms with Gasteiger partial charge in [0.1, 0.15) is 0 Å². The lowest BCUT2D eigenvalue weighted by molar-refractivity contribution is -0.720. The van der Waals surface area contributed by atoms with Gasteiger partial charge in [0.25, 0.3) is 0 Å². The molecule has 0 fully saturated rings. The number of quaternary nitrogens is 1. The summed E-state index contributed by atoms with van der Waals surface area (Å²) in [5.41, 5.74) is 3.72. The number of hydrogen-bond acceptors (Lipinski definition) is 2. The van der Waals surface area contributed by atoms with Gasteiger partial charge >= 0.3 is 0 Å². The fourth-order valence-corrected chi connectivity index (χ4v) is 1.35. The molecule has 0 aliphatic carbocycles. The molecule has 12 heavy (non-hydrogen) atoms. The van der Waals surface area contributed by atoms with E-state index in [1.807, 2.05) is 36.7 Å². The Morgan fingerprint density at radius 3 is 2.92 bits per heavy atom. The van der Waals surface area contributed by atoms with Crippen molar-refractivity contribution in [2.45, 2.75) is 0 Å². The van der Waals surface area contributed by atoms with Crippen LogP contribution in [-0.4, -0.2) is 12.1 Å². The molecular weight excluding hydrogens is 152 g/mol. The van der Waals surface area contributed by atoms with Gasteiger partial charge in [0.15, 0.2) is 5.69 Å². The van der Waals surface area contributed by atoms with Gasteiger partial charge in [-0.25, -0.2) is 10.4 Å². The number of fused-ring (bicyclic) bond motifs is 1. The van der Waals surface area contributed by atoms with E-state index in [4.69, 9.17) is 0 Å². The third-order valence-corrected chi connectivity index (χ3v) is 1.89. The van der Waals surface area contributed by atoms with Gasteiger partial charge in [0, 0.05) is 17.8 Å². The zero-order valence-corrected chi connectivity index (χ0v) is 6.82. The maximum atomic E-state index is 11.4. The highest BCUT2D eigenvalue weighted by atomic mass is 16.3. The lowest BCUT2D eigenvalue weighted by Crippen LogP contribution is -2.87. The summed E-state index contributed by atoms with van der Waals surface area (Å²) in [5, 5.41) is 13.2. The first kappa shape index (κ1) is 7.18. The van der Waals surface area contributed by atoms with E-state index >= 15 is 0 Å². The van der Waals surface area contributed by atoms with Gasteiger partial charge in [-0.1, -0.05) is 17.9 Å². The second-order valence-corrected chi connectivity index (χ2v) is 2.88. The van der Waals surface area contributed by atoms with Crippen molar-refractivity contribution in [1.82, 2.24) is 5.01 Å². The predicted molar refractivity (Wildman–Crippen MR) is 43.8 cm³/mol. The van der Waals surface area contributed by atoms with Gasteiger partial charge in [-0.15, -0.1) is 0 Å². The molecule has 0 unspecified atom stereocenters. The largest absolute Gasteiger partial charge is 0.871 e. The molecule has 2 rings (SSSR count). The van der Waals surface area contributed by atoms with Crippen molar-refractivity contribution in [3.8, 4) is 0 Å². The molecule has 2 N–H and O–H groups in total. The first-order valence-electron chi connectivity index (χ1n) is 3.82. The van der Waals surface area contributed by atoms with Crippen LogP contribution in [0.2, 0.25) is 0 Å². The molecule has 0 saturated carbocycles. The second kappa shape index (κ2) is 2.53. The molecule has 0 amide bonds. The quantitative estimate of drug-likeness (QED) is 0.409. The lowest BCUT2D eigenvalue weighted by Gasteiger charge is -2.24. The van der Waals surface area contributed by atoms with Crippen LogP contribution in [0, 0.1) is 0 Å². The van der Waals surface area contributed by atoms with Gasteiger partial charge < -0.3 is 5.11 Å². The Kier molecular flexibility index (Phi) is 1.52. The third-order valence-electron chi connectivity index (χ3n) is 1.89. The minimum Gasteiger partial charge on any atom is -0.871 e. The zero-order chi connectivity index (χ0) is 8.55. The summed E-state index contributed by atoms with van der Waals surface area (Å²) < 4.78 is 0. The van der Waals surface area contributed by atoms with Gasteiger partial charge in [-0.05, 0) is 6.07 Å². The van der Waals surface area contributed by atoms with Crippen molar-refractivity contribution < 1.29 is 10.5 Å². The Labute approximate surface area is 70.9 Å². The molecule has 1 aromatic carbocycles. The van der Waals surface area contributed by atoms with Crippen LogP contribution in [-0.2, 0) is 0 Å². The van der Waals surface area contributed by atoms with Gasteiger partial charge in [0.2, 0.25) is 0 Å². The Morgan fingerprint density at radius 2 is 2.08 bits per heavy atom. The minimum absolute atomic E-state index is 0.0793. The number of benzene rings is 1. The molecular formula is C9H10N2O. The van der Waals surface area contributed by atoms with Crippen LogP contribution in [0.25, 0.3) is 5.76 Å². The molecule has 1 aliphatic rings. The van der Waals surface area contributed by atoms with E-state index in [0.29, 0.717) is 0 Å². The monoisotopic (exact) mass is 162 g/mol. The molecule has 0 radical (unpaired) electrons. The Bertz CT molecular complexity index is 333. The van der Waals surface area contributed by atoms with E-state index < -0.39 is 0 Å². The first-order chi connectivity index (χ1) is 5.77. The lowest BCUT2D eigenvalue weighted by atomic mass is 10.1. The van der Waals surface area contributed by atoms with Crippen LogP contribution in [0.15, 0.2) is 30.5 Å². The number of rotatable bonds is 0. The average Bonchev–Trinajstić information content (AvgIpc) is 2.04. The summed E-state index contributed by atoms with van der Waals surface area (Å²) in [6, 6.07) is 7.60. The standard InChI is InChI=1S/C9H10N2O/c1-11-6-9(12)7-4-2-3-5-8(7)10-11/h2-6,10,12H,1H3. The summed E-state index contributed by atoms with van der Waals surface area (Å²) in [6.45, 7) is 0. The fourth-order valence-electron chi connectivity index (χ4n) is 1.35. The summed E-state index contributed by atoms with van der Waals surface area (Å²) >= 11 is 0. The number of hydrogen-bond donors (Lipinski definition) is 1. The van der Waals surface area contributed by atoms with E-state index in [9.17, 15) is 5.11 Å². The molecule has 0 spiro atoms. The van der Waals surface area contributed by atoms with Gasteiger partial charge in [-0.2, -0.15) is 0 Å². The molecule has 3 heteroatoms. The van der Waals surface area contributed by atoms with E-state index in [-0.39, 0.29) is 5.76 Å². The topological polar surface area (TPSA) is 42.9 Å². The third kappa shape index (κ3) is 1.04. The van der Waals surface area contributed by atoms with Gasteiger partial charge in [-0.3, -0.25) is 0 Å².